The fourth-order valence-electron chi connectivity index (χ4n) is 1.63. The monoisotopic (exact) mass is 320 g/mol. The van der Waals surface area contributed by atoms with Crippen molar-refractivity contribution >= 4 is 46.4 Å². The molecule has 0 amide bonds. The minimum Gasteiger partial charge on any atom is -0.392 e. The van der Waals surface area contributed by atoms with Crippen LogP contribution >= 0.6 is 46.4 Å². The molecule has 0 aromatic heterocycles. The van der Waals surface area contributed by atoms with Crippen molar-refractivity contribution in [2.45, 2.75) is 6.61 Å². The van der Waals surface area contributed by atoms with Crippen LogP contribution in [0.3, 0.4) is 0 Å². The Morgan fingerprint density at radius 3 is 2.17 bits per heavy atom. The Kier molecular flexibility index (Phi) is 4.41. The van der Waals surface area contributed by atoms with Gasteiger partial charge in [0.2, 0.25) is 0 Å². The third kappa shape index (κ3) is 2.76. The topological polar surface area (TPSA) is 20.2 Å². The zero-order valence-corrected chi connectivity index (χ0v) is 12.1. The minimum absolute atomic E-state index is 0.0654. The molecule has 2 aromatic rings. The Hall–Kier alpha value is -0.440. The summed E-state index contributed by atoms with van der Waals surface area (Å²) in [5, 5.41) is 10.8. The van der Waals surface area contributed by atoms with Crippen molar-refractivity contribution in [2.24, 2.45) is 0 Å². The first-order chi connectivity index (χ1) is 8.52. The molecule has 0 heterocycles. The van der Waals surface area contributed by atoms with E-state index in [2.05, 4.69) is 0 Å². The molecule has 2 aromatic carbocycles. The van der Waals surface area contributed by atoms with Gasteiger partial charge in [-0.1, -0.05) is 58.5 Å². The fourth-order valence-corrected chi connectivity index (χ4v) is 2.64. The molecule has 18 heavy (non-hydrogen) atoms. The van der Waals surface area contributed by atoms with Crippen LogP contribution in [0.1, 0.15) is 5.56 Å². The highest BCUT2D eigenvalue weighted by Crippen LogP contribution is 2.39. The van der Waals surface area contributed by atoms with Crippen LogP contribution in [0.25, 0.3) is 11.1 Å². The molecule has 0 radical (unpaired) electrons. The van der Waals surface area contributed by atoms with Crippen LogP contribution in [0.2, 0.25) is 20.1 Å². The fraction of sp³-hybridized carbons (Fsp3) is 0.0769. The van der Waals surface area contributed by atoms with Crippen LogP contribution in [-0.2, 0) is 6.61 Å². The van der Waals surface area contributed by atoms with E-state index in [1.54, 1.807) is 30.3 Å². The second-order valence-corrected chi connectivity index (χ2v) is 5.35. The van der Waals surface area contributed by atoms with Gasteiger partial charge in [-0.2, -0.15) is 0 Å². The van der Waals surface area contributed by atoms with Gasteiger partial charge in [0.15, 0.2) is 0 Å². The molecule has 0 spiro atoms. The molecule has 0 saturated carbocycles. The first-order valence-electron chi connectivity index (χ1n) is 5.07. The molecule has 94 valence electrons. The molecule has 0 aliphatic heterocycles. The van der Waals surface area contributed by atoms with Gasteiger partial charge < -0.3 is 5.11 Å². The second-order valence-electron chi connectivity index (χ2n) is 3.72. The summed E-state index contributed by atoms with van der Waals surface area (Å²) in [6, 6.07) is 8.51. The first kappa shape index (κ1) is 14.0. The molecule has 1 nitrogen and oxygen atoms in total. The smallest absolute Gasteiger partial charge is 0.0682 e. The Bertz CT molecular complexity index is 596. The summed E-state index contributed by atoms with van der Waals surface area (Å²) in [6.07, 6.45) is 0. The highest BCUT2D eigenvalue weighted by atomic mass is 35.5. The van der Waals surface area contributed by atoms with E-state index >= 15 is 0 Å². The van der Waals surface area contributed by atoms with Gasteiger partial charge in [0.25, 0.3) is 0 Å². The van der Waals surface area contributed by atoms with Gasteiger partial charge in [-0.05, 0) is 23.8 Å². The van der Waals surface area contributed by atoms with Gasteiger partial charge in [-0.25, -0.2) is 0 Å². The summed E-state index contributed by atoms with van der Waals surface area (Å²) < 4.78 is 0. The van der Waals surface area contributed by atoms with E-state index in [1.165, 1.54) is 0 Å². The first-order valence-corrected chi connectivity index (χ1v) is 6.58. The summed E-state index contributed by atoms with van der Waals surface area (Å²) in [6.45, 7) is -0.0654. The molecule has 0 atom stereocenters. The van der Waals surface area contributed by atoms with Gasteiger partial charge in [0.05, 0.1) is 16.7 Å². The number of hydrogen-bond donors (Lipinski definition) is 1. The van der Waals surface area contributed by atoms with Gasteiger partial charge in [-0.3, -0.25) is 0 Å². The van der Waals surface area contributed by atoms with Gasteiger partial charge in [0.1, 0.15) is 0 Å². The quantitative estimate of drug-likeness (QED) is 0.728. The molecule has 2 rings (SSSR count). The molecule has 0 fully saturated rings. The van der Waals surface area contributed by atoms with Crippen LogP contribution in [0, 0.1) is 0 Å². The van der Waals surface area contributed by atoms with Crippen molar-refractivity contribution in [3.63, 3.8) is 0 Å². The summed E-state index contributed by atoms with van der Waals surface area (Å²) in [4.78, 5) is 0. The van der Waals surface area contributed by atoms with Gasteiger partial charge in [-0.15, -0.1) is 0 Å². The Labute approximate surface area is 125 Å². The molecule has 5 heteroatoms. The van der Waals surface area contributed by atoms with Gasteiger partial charge in [0, 0.05) is 21.2 Å². The lowest BCUT2D eigenvalue weighted by Crippen LogP contribution is -1.87. The van der Waals surface area contributed by atoms with E-state index in [4.69, 9.17) is 51.5 Å². The normalized spacial score (nSPS) is 10.7. The van der Waals surface area contributed by atoms with Crippen molar-refractivity contribution in [3.05, 3.63) is 56.0 Å². The van der Waals surface area contributed by atoms with E-state index in [1.807, 2.05) is 0 Å². The molecule has 0 saturated heterocycles. The Morgan fingerprint density at radius 1 is 0.833 bits per heavy atom. The second kappa shape index (κ2) is 5.68. The SMILES string of the molecule is OCc1ccc(-c2cc(Cl)cc(Cl)c2Cl)c(Cl)c1. The van der Waals surface area contributed by atoms with Gasteiger partial charge >= 0.3 is 0 Å². The third-order valence-corrected chi connectivity index (χ3v) is 3.83. The average Bonchev–Trinajstić information content (AvgIpc) is 2.34. The lowest BCUT2D eigenvalue weighted by atomic mass is 10.0. The van der Waals surface area contributed by atoms with Crippen LogP contribution in [-0.4, -0.2) is 5.11 Å². The zero-order valence-electron chi connectivity index (χ0n) is 9.05. The van der Waals surface area contributed by atoms with E-state index in [0.717, 1.165) is 11.1 Å². The van der Waals surface area contributed by atoms with Crippen LogP contribution < -0.4 is 0 Å². The molecule has 0 aliphatic carbocycles. The Morgan fingerprint density at radius 2 is 1.56 bits per heavy atom. The summed E-state index contributed by atoms with van der Waals surface area (Å²) in [5.41, 5.74) is 2.12. The lowest BCUT2D eigenvalue weighted by molar-refractivity contribution is 0.282. The Balaban J connectivity index is 2.62. The molecular formula is C13H8Cl4O. The van der Waals surface area contributed by atoms with E-state index in [-0.39, 0.29) is 6.61 Å². The predicted molar refractivity (Wildman–Crippen MR) is 77.8 cm³/mol. The molecule has 0 aliphatic rings. The lowest BCUT2D eigenvalue weighted by Gasteiger charge is -2.10. The zero-order chi connectivity index (χ0) is 13.3. The van der Waals surface area contributed by atoms with E-state index in [0.29, 0.717) is 25.7 Å². The molecule has 0 unspecified atom stereocenters. The van der Waals surface area contributed by atoms with Crippen LogP contribution in [0.15, 0.2) is 30.3 Å². The number of aliphatic hydroxyl groups excluding tert-OH is 1. The maximum absolute atomic E-state index is 9.04. The average molecular weight is 322 g/mol. The number of rotatable bonds is 2. The highest BCUT2D eigenvalue weighted by Gasteiger charge is 2.12. The summed E-state index contributed by atoms with van der Waals surface area (Å²) in [7, 11) is 0. The highest BCUT2D eigenvalue weighted by molar-refractivity contribution is 6.45. The van der Waals surface area contributed by atoms with E-state index < -0.39 is 0 Å². The van der Waals surface area contributed by atoms with E-state index in [9.17, 15) is 0 Å². The number of halogens is 4. The van der Waals surface area contributed by atoms with Crippen LogP contribution in [0.4, 0.5) is 0 Å². The predicted octanol–water partition coefficient (Wildman–Crippen LogP) is 5.46. The molecular weight excluding hydrogens is 314 g/mol. The summed E-state index contributed by atoms with van der Waals surface area (Å²) in [5.74, 6) is 0. The van der Waals surface area contributed by atoms with Crippen molar-refractivity contribution in [2.75, 3.05) is 0 Å². The molecule has 1 N–H and O–H groups in total. The van der Waals surface area contributed by atoms with Crippen molar-refractivity contribution < 1.29 is 5.11 Å². The third-order valence-electron chi connectivity index (χ3n) is 2.50. The van der Waals surface area contributed by atoms with Crippen molar-refractivity contribution in [1.82, 2.24) is 0 Å². The number of hydrogen-bond acceptors (Lipinski definition) is 1. The largest absolute Gasteiger partial charge is 0.392 e. The molecule has 0 bridgehead atoms. The van der Waals surface area contributed by atoms with Crippen molar-refractivity contribution in [3.8, 4) is 11.1 Å². The van der Waals surface area contributed by atoms with Crippen LogP contribution in [0.5, 0.6) is 0 Å². The maximum Gasteiger partial charge on any atom is 0.0682 e. The minimum atomic E-state index is -0.0654. The summed E-state index contributed by atoms with van der Waals surface area (Å²) >= 11 is 24.2. The number of benzene rings is 2. The maximum atomic E-state index is 9.04. The number of aliphatic hydroxyl groups is 1. The van der Waals surface area contributed by atoms with Crippen molar-refractivity contribution in [1.29, 1.82) is 0 Å². The standard InChI is InChI=1S/C13H8Cl4O/c14-8-4-10(13(17)12(16)5-8)9-2-1-7(6-18)3-11(9)15/h1-5,18H,6H2.